The molecular formula is C18H15F2N5O2. The van der Waals surface area contributed by atoms with Crippen LogP contribution in [0.1, 0.15) is 10.6 Å². The van der Waals surface area contributed by atoms with E-state index in [0.717, 1.165) is 0 Å². The van der Waals surface area contributed by atoms with Crippen LogP contribution in [0, 0.1) is 11.6 Å². The van der Waals surface area contributed by atoms with Crippen LogP contribution in [0.2, 0.25) is 0 Å². The molecule has 9 heteroatoms. The third-order valence-corrected chi connectivity index (χ3v) is 4.57. The standard InChI is InChI=1S/C18H15F2N5O2/c1-24(18(26)14-6-7-23-27-14)13-8-25(9-13)17-15(20)16(21-10-22-17)11-2-4-12(19)5-3-11/h2-7,10,13H,8-9H2,1H3. The second-order valence-corrected chi connectivity index (χ2v) is 6.22. The van der Waals surface area contributed by atoms with Gasteiger partial charge in [0.2, 0.25) is 5.76 Å². The molecule has 1 saturated heterocycles. The summed E-state index contributed by atoms with van der Waals surface area (Å²) >= 11 is 0. The summed E-state index contributed by atoms with van der Waals surface area (Å²) in [5, 5.41) is 3.52. The van der Waals surface area contributed by atoms with Crippen molar-refractivity contribution in [2.24, 2.45) is 0 Å². The lowest BCUT2D eigenvalue weighted by Gasteiger charge is -2.44. The molecule has 2 aromatic heterocycles. The van der Waals surface area contributed by atoms with E-state index in [1.807, 2.05) is 0 Å². The van der Waals surface area contributed by atoms with E-state index in [1.54, 1.807) is 11.9 Å². The molecular weight excluding hydrogens is 356 g/mol. The third kappa shape index (κ3) is 3.12. The molecule has 0 radical (unpaired) electrons. The molecule has 1 aliphatic heterocycles. The zero-order valence-corrected chi connectivity index (χ0v) is 14.3. The molecule has 3 heterocycles. The number of likely N-dealkylation sites (N-methyl/N-ethyl adjacent to an activating group) is 1. The number of halogens is 2. The number of anilines is 1. The maximum atomic E-state index is 14.9. The molecule has 0 saturated carbocycles. The minimum Gasteiger partial charge on any atom is -0.351 e. The molecule has 0 N–H and O–H groups in total. The van der Waals surface area contributed by atoms with Gasteiger partial charge in [-0.1, -0.05) is 5.16 Å². The van der Waals surface area contributed by atoms with Crippen LogP contribution in [-0.2, 0) is 0 Å². The topological polar surface area (TPSA) is 75.4 Å². The minimum absolute atomic E-state index is 0.105. The van der Waals surface area contributed by atoms with Crippen molar-refractivity contribution in [2.45, 2.75) is 6.04 Å². The van der Waals surface area contributed by atoms with Crippen LogP contribution in [0.4, 0.5) is 14.6 Å². The number of aromatic nitrogens is 3. The molecule has 0 aliphatic carbocycles. The van der Waals surface area contributed by atoms with Crippen LogP contribution in [0.5, 0.6) is 0 Å². The molecule has 4 rings (SSSR count). The Bertz CT molecular complexity index is 956. The third-order valence-electron chi connectivity index (χ3n) is 4.57. The highest BCUT2D eigenvalue weighted by atomic mass is 19.1. The molecule has 0 spiro atoms. The molecule has 1 fully saturated rings. The highest BCUT2D eigenvalue weighted by Crippen LogP contribution is 2.29. The smallest absolute Gasteiger partial charge is 0.292 e. The van der Waals surface area contributed by atoms with Crippen molar-refractivity contribution in [3.05, 3.63) is 60.3 Å². The van der Waals surface area contributed by atoms with Gasteiger partial charge in [0.25, 0.3) is 5.91 Å². The number of nitrogens with zero attached hydrogens (tertiary/aromatic N) is 5. The normalized spacial score (nSPS) is 14.1. The van der Waals surface area contributed by atoms with Crippen LogP contribution in [-0.4, -0.2) is 52.1 Å². The number of hydrogen-bond donors (Lipinski definition) is 0. The van der Waals surface area contributed by atoms with Crippen molar-refractivity contribution < 1.29 is 18.1 Å². The van der Waals surface area contributed by atoms with E-state index in [4.69, 9.17) is 4.52 Å². The van der Waals surface area contributed by atoms with E-state index >= 15 is 0 Å². The Hall–Kier alpha value is -3.36. The molecule has 1 amide bonds. The van der Waals surface area contributed by atoms with Gasteiger partial charge in [0.1, 0.15) is 17.8 Å². The predicted molar refractivity (Wildman–Crippen MR) is 92.0 cm³/mol. The van der Waals surface area contributed by atoms with Gasteiger partial charge in [0, 0.05) is 31.8 Å². The summed E-state index contributed by atoms with van der Waals surface area (Å²) in [4.78, 5) is 23.5. The molecule has 1 aromatic carbocycles. The molecule has 7 nitrogen and oxygen atoms in total. The van der Waals surface area contributed by atoms with Gasteiger partial charge in [-0.05, 0) is 24.3 Å². The van der Waals surface area contributed by atoms with Crippen molar-refractivity contribution in [1.82, 2.24) is 20.0 Å². The van der Waals surface area contributed by atoms with Crippen molar-refractivity contribution in [3.63, 3.8) is 0 Å². The number of carbonyl (C=O) groups excluding carboxylic acids is 1. The molecule has 138 valence electrons. The number of hydrogen-bond acceptors (Lipinski definition) is 6. The molecule has 27 heavy (non-hydrogen) atoms. The lowest BCUT2D eigenvalue weighted by Crippen LogP contribution is -2.60. The van der Waals surface area contributed by atoms with E-state index in [9.17, 15) is 13.6 Å². The first kappa shape index (κ1) is 17.1. The Labute approximate surface area is 153 Å². The summed E-state index contributed by atoms with van der Waals surface area (Å²) in [6.45, 7) is 0.848. The molecule has 0 unspecified atom stereocenters. The van der Waals surface area contributed by atoms with Gasteiger partial charge in [-0.25, -0.2) is 18.7 Å². The van der Waals surface area contributed by atoms with E-state index < -0.39 is 11.6 Å². The molecule has 0 atom stereocenters. The predicted octanol–water partition coefficient (Wildman–Crippen LogP) is 2.37. The fourth-order valence-electron chi connectivity index (χ4n) is 2.93. The van der Waals surface area contributed by atoms with E-state index in [2.05, 4.69) is 15.1 Å². The second-order valence-electron chi connectivity index (χ2n) is 6.22. The van der Waals surface area contributed by atoms with Gasteiger partial charge in [0.05, 0.1) is 12.2 Å². The Morgan fingerprint density at radius 3 is 2.59 bits per heavy atom. The van der Waals surface area contributed by atoms with Crippen LogP contribution in [0.15, 0.2) is 47.4 Å². The Morgan fingerprint density at radius 1 is 1.19 bits per heavy atom. The molecule has 1 aliphatic rings. The Balaban J connectivity index is 1.49. The monoisotopic (exact) mass is 371 g/mol. The average molecular weight is 371 g/mol. The lowest BCUT2D eigenvalue weighted by molar-refractivity contribution is 0.0662. The summed E-state index contributed by atoms with van der Waals surface area (Å²) in [5.74, 6) is -0.957. The maximum absolute atomic E-state index is 14.9. The summed E-state index contributed by atoms with van der Waals surface area (Å²) in [6.07, 6.45) is 2.68. The number of carbonyl (C=O) groups is 1. The largest absolute Gasteiger partial charge is 0.351 e. The first-order valence-corrected chi connectivity index (χ1v) is 8.24. The quantitative estimate of drug-likeness (QED) is 0.701. The SMILES string of the molecule is CN(C(=O)c1ccno1)C1CN(c2ncnc(-c3ccc(F)cc3)c2F)C1. The highest BCUT2D eigenvalue weighted by molar-refractivity contribution is 5.91. The van der Waals surface area contributed by atoms with Crippen molar-refractivity contribution in [2.75, 3.05) is 25.0 Å². The summed E-state index contributed by atoms with van der Waals surface area (Å²) in [7, 11) is 1.66. The zero-order chi connectivity index (χ0) is 19.0. The van der Waals surface area contributed by atoms with Crippen LogP contribution in [0.3, 0.4) is 0 Å². The van der Waals surface area contributed by atoms with Gasteiger partial charge in [-0.15, -0.1) is 0 Å². The Kier molecular flexibility index (Phi) is 4.27. The first-order valence-electron chi connectivity index (χ1n) is 8.24. The summed E-state index contributed by atoms with van der Waals surface area (Å²) < 4.78 is 32.8. The van der Waals surface area contributed by atoms with Crippen molar-refractivity contribution in [3.8, 4) is 11.3 Å². The Morgan fingerprint density at radius 2 is 1.93 bits per heavy atom. The number of rotatable bonds is 4. The summed E-state index contributed by atoms with van der Waals surface area (Å²) in [6, 6.07) is 6.82. The van der Waals surface area contributed by atoms with E-state index in [0.29, 0.717) is 18.7 Å². The number of benzene rings is 1. The van der Waals surface area contributed by atoms with E-state index in [1.165, 1.54) is 47.8 Å². The second kappa shape index (κ2) is 6.75. The van der Waals surface area contributed by atoms with Gasteiger partial charge in [-0.3, -0.25) is 4.79 Å². The summed E-state index contributed by atoms with van der Waals surface area (Å²) in [5.41, 5.74) is 0.571. The zero-order valence-electron chi connectivity index (χ0n) is 14.3. The maximum Gasteiger partial charge on any atom is 0.292 e. The molecule has 0 bridgehead atoms. The average Bonchev–Trinajstić information content (AvgIpc) is 3.16. The minimum atomic E-state index is -0.577. The fraction of sp³-hybridized carbons (Fsp3) is 0.222. The fourth-order valence-corrected chi connectivity index (χ4v) is 2.93. The van der Waals surface area contributed by atoms with Crippen molar-refractivity contribution in [1.29, 1.82) is 0 Å². The van der Waals surface area contributed by atoms with Crippen LogP contribution in [0.25, 0.3) is 11.3 Å². The van der Waals surface area contributed by atoms with E-state index in [-0.39, 0.29) is 29.2 Å². The van der Waals surface area contributed by atoms with Gasteiger partial charge in [-0.2, -0.15) is 0 Å². The van der Waals surface area contributed by atoms with Crippen molar-refractivity contribution >= 4 is 11.7 Å². The van der Waals surface area contributed by atoms with Gasteiger partial charge >= 0.3 is 0 Å². The first-order chi connectivity index (χ1) is 13.0. The van der Waals surface area contributed by atoms with Gasteiger partial charge in [0.15, 0.2) is 11.6 Å². The van der Waals surface area contributed by atoms with Crippen LogP contribution >= 0.6 is 0 Å². The van der Waals surface area contributed by atoms with Crippen LogP contribution < -0.4 is 4.90 Å². The molecule has 3 aromatic rings. The lowest BCUT2D eigenvalue weighted by atomic mass is 10.1. The van der Waals surface area contributed by atoms with Gasteiger partial charge < -0.3 is 14.3 Å². The highest BCUT2D eigenvalue weighted by Gasteiger charge is 2.36. The number of amides is 1.